The van der Waals surface area contributed by atoms with Crippen molar-refractivity contribution in [3.05, 3.63) is 29.6 Å². The Kier molecular flexibility index (Phi) is 5.15. The van der Waals surface area contributed by atoms with Gasteiger partial charge in [0, 0.05) is 26.1 Å². The fourth-order valence-corrected chi connectivity index (χ4v) is 2.41. The molecule has 0 radical (unpaired) electrons. The van der Waals surface area contributed by atoms with E-state index in [1.807, 2.05) is 0 Å². The largest absolute Gasteiger partial charge is 0.327 e. The standard InChI is InChI=1S/C16H26N4/c1-5-17-9-8-16-18-14-12-13(2)6-7-15(14)20(16)11-10-19(3)4/h6-7,12,17H,5,8-11H2,1-4H3. The number of nitrogens with one attached hydrogen (secondary N) is 1. The third-order valence-electron chi connectivity index (χ3n) is 3.53. The van der Waals surface area contributed by atoms with E-state index in [4.69, 9.17) is 4.98 Å². The lowest BCUT2D eigenvalue weighted by Gasteiger charge is -2.13. The van der Waals surface area contributed by atoms with Gasteiger partial charge in [-0.05, 0) is 45.3 Å². The van der Waals surface area contributed by atoms with Crippen LogP contribution in [0.25, 0.3) is 11.0 Å². The molecule has 4 nitrogen and oxygen atoms in total. The third-order valence-corrected chi connectivity index (χ3v) is 3.53. The Bertz CT molecular complexity index is 557. The van der Waals surface area contributed by atoms with Gasteiger partial charge in [0.25, 0.3) is 0 Å². The van der Waals surface area contributed by atoms with Gasteiger partial charge in [-0.2, -0.15) is 0 Å². The summed E-state index contributed by atoms with van der Waals surface area (Å²) in [6.07, 6.45) is 0.981. The Balaban J connectivity index is 2.29. The molecule has 0 aliphatic rings. The number of benzene rings is 1. The second kappa shape index (κ2) is 6.86. The zero-order valence-electron chi connectivity index (χ0n) is 13.1. The van der Waals surface area contributed by atoms with Crippen molar-refractivity contribution in [2.24, 2.45) is 0 Å². The molecule has 0 spiro atoms. The van der Waals surface area contributed by atoms with Gasteiger partial charge in [-0.25, -0.2) is 4.98 Å². The fourth-order valence-electron chi connectivity index (χ4n) is 2.41. The molecule has 0 aliphatic heterocycles. The maximum atomic E-state index is 4.83. The first-order valence-corrected chi connectivity index (χ1v) is 7.43. The van der Waals surface area contributed by atoms with Crippen molar-refractivity contribution in [3.8, 4) is 0 Å². The van der Waals surface area contributed by atoms with Crippen molar-refractivity contribution in [2.75, 3.05) is 33.7 Å². The first kappa shape index (κ1) is 15.0. The van der Waals surface area contributed by atoms with Crippen LogP contribution in [0, 0.1) is 6.92 Å². The fraction of sp³-hybridized carbons (Fsp3) is 0.562. The molecule has 2 aromatic rings. The number of rotatable bonds is 7. The van der Waals surface area contributed by atoms with Crippen molar-refractivity contribution >= 4 is 11.0 Å². The highest BCUT2D eigenvalue weighted by atomic mass is 15.1. The van der Waals surface area contributed by atoms with E-state index >= 15 is 0 Å². The molecule has 0 atom stereocenters. The summed E-state index contributed by atoms with van der Waals surface area (Å²) in [4.78, 5) is 7.04. The molecule has 0 aliphatic carbocycles. The molecule has 1 aromatic heterocycles. The second-order valence-corrected chi connectivity index (χ2v) is 5.58. The van der Waals surface area contributed by atoms with Crippen molar-refractivity contribution in [1.82, 2.24) is 19.8 Å². The van der Waals surface area contributed by atoms with Crippen LogP contribution in [-0.2, 0) is 13.0 Å². The SMILES string of the molecule is CCNCCc1nc2cc(C)ccc2n1CCN(C)C. The van der Waals surface area contributed by atoms with Crippen LogP contribution in [0.15, 0.2) is 18.2 Å². The van der Waals surface area contributed by atoms with Crippen molar-refractivity contribution in [2.45, 2.75) is 26.8 Å². The number of hydrogen-bond donors (Lipinski definition) is 1. The maximum Gasteiger partial charge on any atom is 0.111 e. The molecular weight excluding hydrogens is 248 g/mol. The highest BCUT2D eigenvalue weighted by Gasteiger charge is 2.10. The minimum Gasteiger partial charge on any atom is -0.327 e. The molecule has 0 saturated carbocycles. The molecule has 20 heavy (non-hydrogen) atoms. The summed E-state index contributed by atoms with van der Waals surface area (Å²) in [7, 11) is 4.23. The number of imidazole rings is 1. The lowest BCUT2D eigenvalue weighted by Crippen LogP contribution is -2.22. The van der Waals surface area contributed by atoms with Gasteiger partial charge in [-0.3, -0.25) is 0 Å². The predicted molar refractivity (Wildman–Crippen MR) is 85.3 cm³/mol. The molecule has 0 bridgehead atoms. The Morgan fingerprint density at radius 1 is 1.30 bits per heavy atom. The van der Waals surface area contributed by atoms with Gasteiger partial charge < -0.3 is 14.8 Å². The number of aryl methyl sites for hydroxylation is 1. The Labute approximate surface area is 121 Å². The van der Waals surface area contributed by atoms with E-state index in [0.717, 1.165) is 38.1 Å². The van der Waals surface area contributed by atoms with Crippen molar-refractivity contribution < 1.29 is 0 Å². The highest BCUT2D eigenvalue weighted by Crippen LogP contribution is 2.18. The number of hydrogen-bond acceptors (Lipinski definition) is 3. The molecular formula is C16H26N4. The summed E-state index contributed by atoms with van der Waals surface area (Å²) in [6.45, 7) is 8.29. The van der Waals surface area contributed by atoms with Gasteiger partial charge in [0.05, 0.1) is 11.0 Å². The topological polar surface area (TPSA) is 33.1 Å². The lowest BCUT2D eigenvalue weighted by molar-refractivity contribution is 0.383. The van der Waals surface area contributed by atoms with Gasteiger partial charge in [0.1, 0.15) is 5.82 Å². The lowest BCUT2D eigenvalue weighted by atomic mass is 10.2. The van der Waals surface area contributed by atoms with E-state index < -0.39 is 0 Å². The molecule has 110 valence electrons. The molecule has 0 fully saturated rings. The molecule has 1 N–H and O–H groups in total. The smallest absolute Gasteiger partial charge is 0.111 e. The molecule has 0 unspecified atom stereocenters. The van der Waals surface area contributed by atoms with E-state index in [0.29, 0.717) is 0 Å². The summed E-state index contributed by atoms with van der Waals surface area (Å²) in [5.41, 5.74) is 3.65. The molecule has 2 rings (SSSR count). The van der Waals surface area contributed by atoms with Crippen molar-refractivity contribution in [3.63, 3.8) is 0 Å². The zero-order valence-corrected chi connectivity index (χ0v) is 13.1. The quantitative estimate of drug-likeness (QED) is 0.785. The van der Waals surface area contributed by atoms with Gasteiger partial charge in [0.15, 0.2) is 0 Å². The van der Waals surface area contributed by atoms with Crippen LogP contribution in [0.3, 0.4) is 0 Å². The summed E-state index contributed by atoms with van der Waals surface area (Å²) in [6, 6.07) is 6.55. The van der Waals surface area contributed by atoms with Crippen LogP contribution in [0.4, 0.5) is 0 Å². The van der Waals surface area contributed by atoms with E-state index in [1.54, 1.807) is 0 Å². The van der Waals surface area contributed by atoms with E-state index in [1.165, 1.54) is 16.9 Å². The first-order valence-electron chi connectivity index (χ1n) is 7.43. The number of nitrogens with zero attached hydrogens (tertiary/aromatic N) is 3. The summed E-state index contributed by atoms with van der Waals surface area (Å²) in [5, 5.41) is 3.38. The number of likely N-dealkylation sites (N-methyl/N-ethyl adjacent to an activating group) is 2. The van der Waals surface area contributed by atoms with E-state index in [2.05, 4.69) is 60.9 Å². The van der Waals surface area contributed by atoms with Gasteiger partial charge in [-0.15, -0.1) is 0 Å². The van der Waals surface area contributed by atoms with Gasteiger partial charge >= 0.3 is 0 Å². The summed E-state index contributed by atoms with van der Waals surface area (Å²) < 4.78 is 2.37. The summed E-state index contributed by atoms with van der Waals surface area (Å²) in [5.74, 6) is 1.19. The Hall–Kier alpha value is -1.39. The normalized spacial score (nSPS) is 11.7. The number of fused-ring (bicyclic) bond motifs is 1. The minimum absolute atomic E-state index is 0.981. The molecule has 0 saturated heterocycles. The van der Waals surface area contributed by atoms with Gasteiger partial charge in [0.2, 0.25) is 0 Å². The minimum atomic E-state index is 0.981. The van der Waals surface area contributed by atoms with Crippen LogP contribution >= 0.6 is 0 Å². The van der Waals surface area contributed by atoms with Crippen LogP contribution in [-0.4, -0.2) is 48.2 Å². The van der Waals surface area contributed by atoms with Crippen LogP contribution < -0.4 is 5.32 Å². The Morgan fingerprint density at radius 2 is 2.10 bits per heavy atom. The highest BCUT2D eigenvalue weighted by molar-refractivity contribution is 5.76. The average Bonchev–Trinajstić information content (AvgIpc) is 2.73. The Morgan fingerprint density at radius 3 is 2.80 bits per heavy atom. The molecule has 4 heteroatoms. The van der Waals surface area contributed by atoms with Gasteiger partial charge in [-0.1, -0.05) is 13.0 Å². The first-order chi connectivity index (χ1) is 9.61. The zero-order chi connectivity index (χ0) is 14.5. The maximum absolute atomic E-state index is 4.83. The monoisotopic (exact) mass is 274 g/mol. The van der Waals surface area contributed by atoms with Crippen molar-refractivity contribution in [1.29, 1.82) is 0 Å². The van der Waals surface area contributed by atoms with E-state index in [9.17, 15) is 0 Å². The van der Waals surface area contributed by atoms with Crippen LogP contribution in [0.5, 0.6) is 0 Å². The van der Waals surface area contributed by atoms with Crippen LogP contribution in [0.1, 0.15) is 18.3 Å². The molecule has 1 heterocycles. The second-order valence-electron chi connectivity index (χ2n) is 5.58. The van der Waals surface area contributed by atoms with Crippen LogP contribution in [0.2, 0.25) is 0 Å². The van der Waals surface area contributed by atoms with E-state index in [-0.39, 0.29) is 0 Å². The molecule has 0 amide bonds. The molecule has 1 aromatic carbocycles. The number of aromatic nitrogens is 2. The predicted octanol–water partition coefficient (Wildman–Crippen LogP) is 2.06. The summed E-state index contributed by atoms with van der Waals surface area (Å²) >= 11 is 0. The third kappa shape index (κ3) is 3.58. The average molecular weight is 274 g/mol.